The highest BCUT2D eigenvalue weighted by atomic mass is 32.2. The van der Waals surface area contributed by atoms with E-state index in [4.69, 9.17) is 5.73 Å². The normalized spacial score (nSPS) is 12.5. The van der Waals surface area contributed by atoms with E-state index in [1.165, 1.54) is 5.56 Å². The minimum atomic E-state index is -3.56. The van der Waals surface area contributed by atoms with Gasteiger partial charge in [0, 0.05) is 12.3 Å². The van der Waals surface area contributed by atoms with E-state index >= 15 is 0 Å². The number of nitrogens with two attached hydrogens (primary N) is 1. The van der Waals surface area contributed by atoms with Crippen molar-refractivity contribution in [2.75, 3.05) is 24.7 Å². The highest BCUT2D eigenvalue weighted by Gasteiger charge is 2.22. The van der Waals surface area contributed by atoms with E-state index in [9.17, 15) is 22.4 Å². The topological polar surface area (TPSA) is 110 Å². The van der Waals surface area contributed by atoms with E-state index in [1.54, 1.807) is 4.90 Å². The molecular formula is C22H28FN3O4S. The summed E-state index contributed by atoms with van der Waals surface area (Å²) in [5, 5.41) is 2.39. The fourth-order valence-corrected chi connectivity index (χ4v) is 3.84. The molecule has 0 saturated heterocycles. The molecule has 0 fully saturated rings. The summed E-state index contributed by atoms with van der Waals surface area (Å²) in [5.74, 6) is -1.96. The van der Waals surface area contributed by atoms with E-state index < -0.39 is 27.5 Å². The molecule has 7 nitrogen and oxygen atoms in total. The molecular weight excluding hydrogens is 421 g/mol. The molecule has 0 aliphatic rings. The first-order valence-corrected chi connectivity index (χ1v) is 11.8. The van der Waals surface area contributed by atoms with Gasteiger partial charge in [0.25, 0.3) is 0 Å². The molecule has 2 aromatic carbocycles. The van der Waals surface area contributed by atoms with Gasteiger partial charge < -0.3 is 11.1 Å². The minimum absolute atomic E-state index is 0.112. The maximum absolute atomic E-state index is 14.1. The van der Waals surface area contributed by atoms with Gasteiger partial charge >= 0.3 is 0 Å². The zero-order valence-electron chi connectivity index (χ0n) is 17.9. The highest BCUT2D eigenvalue weighted by Crippen LogP contribution is 2.22. The molecule has 31 heavy (non-hydrogen) atoms. The zero-order chi connectivity index (χ0) is 23.2. The third kappa shape index (κ3) is 7.15. The fourth-order valence-electron chi connectivity index (χ4n) is 3.20. The van der Waals surface area contributed by atoms with Crippen molar-refractivity contribution >= 4 is 27.3 Å². The number of hydrogen-bond donors (Lipinski definition) is 2. The SMILES string of the molecule is CCCc1ccc([C@H](C)N(CC(N)=O)CC(=O)Nc2cc(S(C)(=O)=O)ccc2F)cc1. The van der Waals surface area contributed by atoms with E-state index in [-0.39, 0.29) is 29.7 Å². The van der Waals surface area contributed by atoms with Crippen LogP contribution < -0.4 is 11.1 Å². The molecule has 9 heteroatoms. The van der Waals surface area contributed by atoms with Gasteiger partial charge in [0.2, 0.25) is 11.8 Å². The van der Waals surface area contributed by atoms with Gasteiger partial charge in [0.05, 0.1) is 23.7 Å². The van der Waals surface area contributed by atoms with Crippen LogP contribution in [0, 0.1) is 5.82 Å². The number of carbonyl (C=O) groups excluding carboxylic acids is 2. The Balaban J connectivity index is 2.18. The maximum Gasteiger partial charge on any atom is 0.238 e. The van der Waals surface area contributed by atoms with Gasteiger partial charge in [-0.2, -0.15) is 0 Å². The molecule has 0 saturated carbocycles. The second-order valence-corrected chi connectivity index (χ2v) is 9.52. The van der Waals surface area contributed by atoms with Crippen LogP contribution >= 0.6 is 0 Å². The maximum atomic E-state index is 14.1. The molecule has 168 valence electrons. The lowest BCUT2D eigenvalue weighted by Gasteiger charge is -2.28. The molecule has 0 aromatic heterocycles. The summed E-state index contributed by atoms with van der Waals surface area (Å²) in [4.78, 5) is 25.6. The number of nitrogens with zero attached hydrogens (tertiary/aromatic N) is 1. The second kappa shape index (κ2) is 10.5. The van der Waals surface area contributed by atoms with Crippen molar-refractivity contribution in [1.82, 2.24) is 4.90 Å². The van der Waals surface area contributed by atoms with Gasteiger partial charge in [-0.05, 0) is 42.7 Å². The predicted molar refractivity (Wildman–Crippen MR) is 118 cm³/mol. The van der Waals surface area contributed by atoms with Crippen LogP contribution in [0.1, 0.15) is 37.4 Å². The molecule has 2 aromatic rings. The third-order valence-corrected chi connectivity index (χ3v) is 6.00. The number of hydrogen-bond acceptors (Lipinski definition) is 5. The first kappa shape index (κ1) is 24.5. The van der Waals surface area contributed by atoms with Crippen LogP contribution in [-0.4, -0.2) is 44.5 Å². The minimum Gasteiger partial charge on any atom is -0.369 e. The lowest BCUT2D eigenvalue weighted by atomic mass is 10.0. The summed E-state index contributed by atoms with van der Waals surface area (Å²) in [7, 11) is -3.56. The van der Waals surface area contributed by atoms with Gasteiger partial charge in [-0.3, -0.25) is 14.5 Å². The summed E-state index contributed by atoms with van der Waals surface area (Å²) in [5.41, 5.74) is 7.20. The van der Waals surface area contributed by atoms with Crippen LogP contribution in [-0.2, 0) is 25.8 Å². The van der Waals surface area contributed by atoms with Crippen LogP contribution in [0.5, 0.6) is 0 Å². The largest absolute Gasteiger partial charge is 0.369 e. The molecule has 0 aliphatic carbocycles. The highest BCUT2D eigenvalue weighted by molar-refractivity contribution is 7.90. The van der Waals surface area contributed by atoms with E-state index in [1.807, 2.05) is 31.2 Å². The summed E-state index contributed by atoms with van der Waals surface area (Å²) < 4.78 is 37.5. The summed E-state index contributed by atoms with van der Waals surface area (Å²) in [6.07, 6.45) is 2.98. The van der Waals surface area contributed by atoms with E-state index in [2.05, 4.69) is 12.2 Å². The number of anilines is 1. The molecule has 1 atom stereocenters. The molecule has 2 rings (SSSR count). The number of carbonyl (C=O) groups is 2. The molecule has 0 unspecified atom stereocenters. The molecule has 0 radical (unpaired) electrons. The quantitative estimate of drug-likeness (QED) is 0.542. The van der Waals surface area contributed by atoms with Crippen molar-refractivity contribution in [3.05, 3.63) is 59.4 Å². The van der Waals surface area contributed by atoms with Crippen molar-refractivity contribution in [3.63, 3.8) is 0 Å². The summed E-state index contributed by atoms with van der Waals surface area (Å²) in [6, 6.07) is 10.8. The van der Waals surface area contributed by atoms with Crippen molar-refractivity contribution in [3.8, 4) is 0 Å². The van der Waals surface area contributed by atoms with Crippen molar-refractivity contribution < 1.29 is 22.4 Å². The number of benzene rings is 2. The van der Waals surface area contributed by atoms with Crippen LogP contribution in [0.15, 0.2) is 47.4 Å². The Bertz CT molecular complexity index is 1040. The molecule has 0 spiro atoms. The van der Waals surface area contributed by atoms with Crippen LogP contribution in [0.4, 0.5) is 10.1 Å². The Morgan fingerprint density at radius 3 is 2.32 bits per heavy atom. The molecule has 0 heterocycles. The second-order valence-electron chi connectivity index (χ2n) is 7.50. The average Bonchev–Trinajstić information content (AvgIpc) is 2.68. The lowest BCUT2D eigenvalue weighted by molar-refractivity contribution is -0.122. The van der Waals surface area contributed by atoms with Crippen molar-refractivity contribution in [1.29, 1.82) is 0 Å². The van der Waals surface area contributed by atoms with Crippen molar-refractivity contribution in [2.24, 2.45) is 5.73 Å². The summed E-state index contributed by atoms with van der Waals surface area (Å²) >= 11 is 0. The Hall–Kier alpha value is -2.78. The molecule has 2 amide bonds. The first-order valence-electron chi connectivity index (χ1n) is 9.92. The first-order chi connectivity index (χ1) is 14.5. The number of aryl methyl sites for hydroxylation is 1. The van der Waals surface area contributed by atoms with E-state index in [0.29, 0.717) is 0 Å². The zero-order valence-corrected chi connectivity index (χ0v) is 18.7. The molecule has 0 bridgehead atoms. The number of amides is 2. The Morgan fingerprint density at radius 1 is 1.13 bits per heavy atom. The Labute approximate surface area is 182 Å². The van der Waals surface area contributed by atoms with E-state index in [0.717, 1.165) is 42.9 Å². The Kier molecular flexibility index (Phi) is 8.29. The van der Waals surface area contributed by atoms with Gasteiger partial charge in [0.1, 0.15) is 5.82 Å². The van der Waals surface area contributed by atoms with Gasteiger partial charge in [-0.25, -0.2) is 12.8 Å². The number of nitrogens with one attached hydrogen (secondary N) is 1. The van der Waals surface area contributed by atoms with Crippen LogP contribution in [0.2, 0.25) is 0 Å². The van der Waals surface area contributed by atoms with Crippen LogP contribution in [0.3, 0.4) is 0 Å². The number of primary amides is 1. The number of rotatable bonds is 10. The standard InChI is InChI=1S/C22H28FN3O4S/c1-4-5-16-6-8-17(9-7-16)15(2)26(13-21(24)27)14-22(28)25-20-12-18(31(3,29)30)10-11-19(20)23/h6-12,15H,4-5,13-14H2,1-3H3,(H2,24,27)(H,25,28)/t15-/m0/s1. The predicted octanol–water partition coefficient (Wildman–Crippen LogP) is 2.67. The monoisotopic (exact) mass is 449 g/mol. The van der Waals surface area contributed by atoms with Crippen molar-refractivity contribution in [2.45, 2.75) is 37.6 Å². The lowest BCUT2D eigenvalue weighted by Crippen LogP contribution is -2.40. The smallest absolute Gasteiger partial charge is 0.238 e. The number of halogens is 1. The third-order valence-electron chi connectivity index (χ3n) is 4.89. The van der Waals surface area contributed by atoms with Crippen LogP contribution in [0.25, 0.3) is 0 Å². The van der Waals surface area contributed by atoms with Gasteiger partial charge in [-0.15, -0.1) is 0 Å². The van der Waals surface area contributed by atoms with Gasteiger partial charge in [-0.1, -0.05) is 37.6 Å². The summed E-state index contributed by atoms with van der Waals surface area (Å²) in [6.45, 7) is 3.54. The molecule has 3 N–H and O–H groups in total. The Morgan fingerprint density at radius 2 is 1.77 bits per heavy atom. The van der Waals surface area contributed by atoms with Gasteiger partial charge in [0.15, 0.2) is 9.84 Å². The fraction of sp³-hybridized carbons (Fsp3) is 0.364. The molecule has 0 aliphatic heterocycles. The average molecular weight is 450 g/mol. The number of sulfone groups is 1.